The van der Waals surface area contributed by atoms with Crippen LogP contribution in [-0.2, 0) is 28.5 Å². The Morgan fingerprint density at radius 2 is 1.85 bits per heavy atom. The fourth-order valence-corrected chi connectivity index (χ4v) is 10.00. The fraction of sp³-hybridized carbons (Fsp3) is 0.867. The minimum absolute atomic E-state index is 0.0482. The number of ether oxygens (including phenoxy) is 4. The molecule has 9 heteroatoms. The number of aliphatic hydroxyl groups excluding tert-OH is 2. The second-order valence-corrected chi connectivity index (χ2v) is 13.4. The van der Waals surface area contributed by atoms with Crippen molar-refractivity contribution in [3.8, 4) is 0 Å². The number of rotatable bonds is 5. The fourth-order valence-electron chi connectivity index (χ4n) is 10.00. The van der Waals surface area contributed by atoms with E-state index in [9.17, 15) is 24.9 Å². The number of hydrogen-bond donors (Lipinski definition) is 3. The molecule has 2 aliphatic heterocycles. The van der Waals surface area contributed by atoms with Crippen LogP contribution in [0.25, 0.3) is 0 Å². The molecule has 5 fully saturated rings. The van der Waals surface area contributed by atoms with Crippen molar-refractivity contribution < 1.29 is 43.9 Å². The third kappa shape index (κ3) is 4.02. The molecule has 13 atom stereocenters. The molecule has 8 unspecified atom stereocenters. The highest BCUT2D eigenvalue weighted by Crippen LogP contribution is 2.69. The average molecular weight is 549 g/mol. The summed E-state index contributed by atoms with van der Waals surface area (Å²) in [6.45, 7) is 4.25. The lowest BCUT2D eigenvalue weighted by atomic mass is 9.43. The predicted octanol–water partition coefficient (Wildman–Crippen LogP) is 2.29. The van der Waals surface area contributed by atoms with E-state index in [-0.39, 0.29) is 41.2 Å². The van der Waals surface area contributed by atoms with Crippen LogP contribution in [0.2, 0.25) is 0 Å². The summed E-state index contributed by atoms with van der Waals surface area (Å²) in [5.74, 6) is 0.152. The second kappa shape index (κ2) is 9.88. The van der Waals surface area contributed by atoms with Gasteiger partial charge in [-0.3, -0.25) is 0 Å². The van der Waals surface area contributed by atoms with Crippen molar-refractivity contribution in [2.75, 3.05) is 13.7 Å². The molecule has 0 bridgehead atoms. The van der Waals surface area contributed by atoms with Crippen molar-refractivity contribution >= 4 is 12.3 Å². The van der Waals surface area contributed by atoms with Crippen LogP contribution in [0.5, 0.6) is 0 Å². The van der Waals surface area contributed by atoms with E-state index in [0.717, 1.165) is 37.7 Å². The molecule has 2 heterocycles. The highest BCUT2D eigenvalue weighted by atomic mass is 16.7. The molecule has 39 heavy (non-hydrogen) atoms. The second-order valence-electron chi connectivity index (χ2n) is 13.4. The predicted molar refractivity (Wildman–Crippen MR) is 138 cm³/mol. The molecule has 6 aliphatic rings. The molecule has 0 spiro atoms. The van der Waals surface area contributed by atoms with Crippen molar-refractivity contribution in [3.63, 3.8) is 0 Å². The topological polar surface area (TPSA) is 132 Å². The van der Waals surface area contributed by atoms with E-state index in [1.165, 1.54) is 13.4 Å². The molecule has 218 valence electrons. The van der Waals surface area contributed by atoms with Crippen LogP contribution in [0.1, 0.15) is 71.6 Å². The Morgan fingerprint density at radius 3 is 2.54 bits per heavy atom. The van der Waals surface area contributed by atoms with E-state index in [2.05, 4.69) is 6.92 Å². The summed E-state index contributed by atoms with van der Waals surface area (Å²) in [7, 11) is 1.46. The minimum atomic E-state index is -1.11. The van der Waals surface area contributed by atoms with Gasteiger partial charge in [-0.1, -0.05) is 6.92 Å². The third-order valence-electron chi connectivity index (χ3n) is 12.1. The average Bonchev–Trinajstić information content (AvgIpc) is 3.47. The first kappa shape index (κ1) is 27.8. The lowest BCUT2D eigenvalue weighted by molar-refractivity contribution is -0.312. The lowest BCUT2D eigenvalue weighted by Gasteiger charge is -2.63. The van der Waals surface area contributed by atoms with Crippen LogP contribution < -0.4 is 0 Å². The van der Waals surface area contributed by atoms with Crippen molar-refractivity contribution in [2.24, 2.45) is 34.5 Å². The van der Waals surface area contributed by atoms with Gasteiger partial charge in [-0.2, -0.15) is 0 Å². The molecular formula is C30H44O9. The number of methoxy groups -OCH3 is 1. The highest BCUT2D eigenvalue weighted by Gasteiger charge is 2.68. The molecule has 0 amide bonds. The molecule has 0 aromatic carbocycles. The number of carbonyl (C=O) groups is 2. The van der Waals surface area contributed by atoms with Crippen LogP contribution in [-0.4, -0.2) is 83.7 Å². The molecule has 9 nitrogen and oxygen atoms in total. The molecule has 4 aliphatic carbocycles. The number of hydrogen-bond acceptors (Lipinski definition) is 9. The van der Waals surface area contributed by atoms with Crippen LogP contribution in [0, 0.1) is 34.5 Å². The van der Waals surface area contributed by atoms with Gasteiger partial charge in [0.05, 0.1) is 17.8 Å². The Kier molecular flexibility index (Phi) is 7.04. The van der Waals surface area contributed by atoms with E-state index < -0.39 is 41.7 Å². The molecule has 0 aromatic heterocycles. The first-order chi connectivity index (χ1) is 18.6. The van der Waals surface area contributed by atoms with Crippen molar-refractivity contribution in [3.05, 3.63) is 11.6 Å². The van der Waals surface area contributed by atoms with Crippen LogP contribution in [0.3, 0.4) is 0 Å². The Hall–Kier alpha value is -1.36. The summed E-state index contributed by atoms with van der Waals surface area (Å²) < 4.78 is 22.6. The Labute approximate surface area is 230 Å². The summed E-state index contributed by atoms with van der Waals surface area (Å²) >= 11 is 0. The van der Waals surface area contributed by atoms with Gasteiger partial charge in [0.1, 0.15) is 31.2 Å². The van der Waals surface area contributed by atoms with Gasteiger partial charge in [-0.15, -0.1) is 0 Å². The quantitative estimate of drug-likeness (QED) is 0.269. The smallest absolute Gasteiger partial charge is 0.331 e. The van der Waals surface area contributed by atoms with Gasteiger partial charge >= 0.3 is 5.97 Å². The van der Waals surface area contributed by atoms with Gasteiger partial charge in [0.25, 0.3) is 0 Å². The van der Waals surface area contributed by atoms with Gasteiger partial charge in [-0.25, -0.2) is 4.79 Å². The minimum Gasteiger partial charge on any atom is -0.458 e. The van der Waals surface area contributed by atoms with Crippen LogP contribution in [0.15, 0.2) is 11.6 Å². The number of carbonyl (C=O) groups excluding carboxylic acids is 2. The number of aldehydes is 1. The Bertz CT molecular complexity index is 1010. The maximum atomic E-state index is 13.0. The normalized spacial score (nSPS) is 53.3. The van der Waals surface area contributed by atoms with Gasteiger partial charge < -0.3 is 39.1 Å². The number of esters is 1. The highest BCUT2D eigenvalue weighted by molar-refractivity contribution is 5.85. The molecular weight excluding hydrogens is 504 g/mol. The van der Waals surface area contributed by atoms with Crippen LogP contribution >= 0.6 is 0 Å². The maximum Gasteiger partial charge on any atom is 0.331 e. The van der Waals surface area contributed by atoms with Crippen molar-refractivity contribution in [2.45, 2.75) is 114 Å². The van der Waals surface area contributed by atoms with Gasteiger partial charge in [0.15, 0.2) is 6.29 Å². The van der Waals surface area contributed by atoms with Crippen molar-refractivity contribution in [1.29, 1.82) is 0 Å². The molecule has 1 saturated heterocycles. The van der Waals surface area contributed by atoms with Gasteiger partial charge in [0, 0.05) is 24.0 Å². The largest absolute Gasteiger partial charge is 0.458 e. The molecule has 0 aromatic rings. The summed E-state index contributed by atoms with van der Waals surface area (Å²) in [5.41, 5.74) is -0.682. The Morgan fingerprint density at radius 1 is 1.05 bits per heavy atom. The van der Waals surface area contributed by atoms with Crippen LogP contribution in [0.4, 0.5) is 0 Å². The number of cyclic esters (lactones) is 1. The summed E-state index contributed by atoms with van der Waals surface area (Å²) in [5, 5.41) is 33.4. The summed E-state index contributed by atoms with van der Waals surface area (Å²) in [6, 6.07) is 0. The summed E-state index contributed by atoms with van der Waals surface area (Å²) in [4.78, 5) is 24.8. The van der Waals surface area contributed by atoms with E-state index >= 15 is 0 Å². The number of fused-ring (bicyclic) bond motifs is 5. The zero-order valence-corrected chi connectivity index (χ0v) is 23.3. The van der Waals surface area contributed by atoms with Crippen molar-refractivity contribution in [1.82, 2.24) is 0 Å². The first-order valence-electron chi connectivity index (χ1n) is 14.8. The monoisotopic (exact) mass is 548 g/mol. The molecule has 0 radical (unpaired) electrons. The molecule has 3 N–H and O–H groups in total. The van der Waals surface area contributed by atoms with E-state index in [0.29, 0.717) is 32.3 Å². The third-order valence-corrected chi connectivity index (χ3v) is 12.1. The summed E-state index contributed by atoms with van der Waals surface area (Å²) in [6.07, 6.45) is 5.39. The zero-order valence-electron chi connectivity index (χ0n) is 23.3. The maximum absolute atomic E-state index is 13.0. The standard InChI is InChI=1S/C30H44O9/c1-16-24(33)26(36-3)25(34)27(38-16)39-19-6-10-29(15-31)18(13-19)4-5-22-21(29)7-9-28(2)20(8-11-30(22,28)35)17-12-23(32)37-14-17/h12,15-16,18-22,24-27,33-35H,4-11,13-14H2,1-3H3/t16?,18-,19?,20?,21?,22?,24?,25?,26?,27-,28-,29+,30-/m1/s1. The SMILES string of the molecule is COC1C(O)C(C)O[C@H](OC2CC[C@@]3(C=O)C4CC[C@]5(C)C(C6=CC(=O)OC6)CC[C@@]5(O)C4CC[C@@H]3C2)C1O. The van der Waals surface area contributed by atoms with E-state index in [1.807, 2.05) is 0 Å². The zero-order chi connectivity index (χ0) is 27.7. The van der Waals surface area contributed by atoms with Gasteiger partial charge in [-0.05, 0) is 94.0 Å². The Balaban J connectivity index is 1.18. The number of aliphatic hydroxyl groups is 3. The molecule has 6 rings (SSSR count). The first-order valence-corrected chi connectivity index (χ1v) is 14.8. The van der Waals surface area contributed by atoms with E-state index in [1.54, 1.807) is 13.0 Å². The lowest BCUT2D eigenvalue weighted by Crippen LogP contribution is -2.63. The molecule has 4 saturated carbocycles. The van der Waals surface area contributed by atoms with E-state index in [4.69, 9.17) is 18.9 Å². The van der Waals surface area contributed by atoms with Gasteiger partial charge in [0.2, 0.25) is 0 Å².